The number of carbonyl (C=O) groups excluding carboxylic acids is 2. The van der Waals surface area contributed by atoms with Gasteiger partial charge in [-0.05, 0) is 6.92 Å². The monoisotopic (exact) mass is 160 g/mol. The van der Waals surface area contributed by atoms with Crippen molar-refractivity contribution in [1.29, 1.82) is 0 Å². The number of ketones is 2. The van der Waals surface area contributed by atoms with Crippen LogP contribution in [0.15, 0.2) is 0 Å². The van der Waals surface area contributed by atoms with Gasteiger partial charge in [-0.15, -0.1) is 0 Å². The van der Waals surface area contributed by atoms with Crippen molar-refractivity contribution in [1.82, 2.24) is 0 Å². The van der Waals surface area contributed by atoms with Gasteiger partial charge < -0.3 is 10.2 Å². The van der Waals surface area contributed by atoms with Crippen molar-refractivity contribution in [2.24, 2.45) is 0 Å². The fourth-order valence-electron chi connectivity index (χ4n) is 0.382. The van der Waals surface area contributed by atoms with E-state index in [4.69, 9.17) is 10.2 Å². The molecule has 0 heterocycles. The van der Waals surface area contributed by atoms with Crippen LogP contribution in [0.4, 0.5) is 0 Å². The number of rotatable bonds is 4. The second-order valence-corrected chi connectivity index (χ2v) is 2.05. The van der Waals surface area contributed by atoms with Gasteiger partial charge in [-0.1, -0.05) is 0 Å². The van der Waals surface area contributed by atoms with Crippen LogP contribution in [0, 0.1) is 0 Å². The smallest absolute Gasteiger partial charge is 0.372 e. The molecule has 0 unspecified atom stereocenters. The molecule has 0 radical (unpaired) electrons. The predicted octanol–water partition coefficient (Wildman–Crippen LogP) is -1.02. The molecule has 0 aromatic rings. The Labute approximate surface area is 62.6 Å². The molecule has 0 saturated carbocycles. The summed E-state index contributed by atoms with van der Waals surface area (Å²) in [4.78, 5) is 30.7. The van der Waals surface area contributed by atoms with Crippen LogP contribution in [0.3, 0.4) is 0 Å². The first kappa shape index (κ1) is 9.77. The van der Waals surface area contributed by atoms with E-state index in [9.17, 15) is 14.4 Å². The van der Waals surface area contributed by atoms with Gasteiger partial charge in [0.1, 0.15) is 6.10 Å². The Bertz CT molecular complexity index is 193. The zero-order valence-electron chi connectivity index (χ0n) is 5.90. The highest BCUT2D eigenvalue weighted by molar-refractivity contribution is 6.36. The molecule has 5 nitrogen and oxygen atoms in total. The number of carbonyl (C=O) groups is 3. The zero-order chi connectivity index (χ0) is 9.02. The average molecular weight is 160 g/mol. The summed E-state index contributed by atoms with van der Waals surface area (Å²) in [5, 5.41) is 16.6. The summed E-state index contributed by atoms with van der Waals surface area (Å²) in [6, 6.07) is 0. The van der Waals surface area contributed by atoms with Gasteiger partial charge in [0.05, 0.1) is 6.42 Å². The Morgan fingerprint density at radius 2 is 1.82 bits per heavy atom. The van der Waals surface area contributed by atoms with Crippen molar-refractivity contribution in [3.63, 3.8) is 0 Å². The van der Waals surface area contributed by atoms with Gasteiger partial charge in [-0.2, -0.15) is 0 Å². The van der Waals surface area contributed by atoms with Gasteiger partial charge >= 0.3 is 5.97 Å². The maximum absolute atomic E-state index is 10.5. The Kier molecular flexibility index (Phi) is 3.39. The third-order valence-electron chi connectivity index (χ3n) is 1.04. The summed E-state index contributed by atoms with van der Waals surface area (Å²) in [6.07, 6.45) is -2.02. The van der Waals surface area contributed by atoms with Gasteiger partial charge in [-0.3, -0.25) is 9.59 Å². The molecule has 1 atom stereocenters. The van der Waals surface area contributed by atoms with Crippen LogP contribution in [-0.4, -0.2) is 33.9 Å². The van der Waals surface area contributed by atoms with Crippen LogP contribution in [-0.2, 0) is 14.4 Å². The van der Waals surface area contributed by atoms with E-state index in [0.29, 0.717) is 0 Å². The first-order chi connectivity index (χ1) is 4.95. The van der Waals surface area contributed by atoms with Crippen molar-refractivity contribution in [2.45, 2.75) is 19.4 Å². The number of carboxylic acid groups (broad SMARTS) is 1. The van der Waals surface area contributed by atoms with Gasteiger partial charge in [0.25, 0.3) is 0 Å². The van der Waals surface area contributed by atoms with Crippen LogP contribution in [0.25, 0.3) is 0 Å². The second-order valence-electron chi connectivity index (χ2n) is 2.05. The van der Waals surface area contributed by atoms with Crippen molar-refractivity contribution in [2.75, 3.05) is 0 Å². The van der Waals surface area contributed by atoms with E-state index >= 15 is 0 Å². The molecule has 0 amide bonds. The molecule has 0 spiro atoms. The fourth-order valence-corrected chi connectivity index (χ4v) is 0.382. The number of aliphatic hydroxyl groups excluding tert-OH is 1. The summed E-state index contributed by atoms with van der Waals surface area (Å²) in [5.41, 5.74) is 0. The van der Waals surface area contributed by atoms with Crippen LogP contribution >= 0.6 is 0 Å². The number of hydrogen-bond acceptors (Lipinski definition) is 4. The van der Waals surface area contributed by atoms with Crippen LogP contribution in [0.2, 0.25) is 0 Å². The van der Waals surface area contributed by atoms with Crippen molar-refractivity contribution < 1.29 is 24.6 Å². The number of Topliss-reactive ketones (excluding diaryl/α,β-unsaturated/α-hetero) is 2. The molecule has 62 valence electrons. The minimum Gasteiger partial charge on any atom is -0.475 e. The first-order valence-electron chi connectivity index (χ1n) is 2.92. The molecular weight excluding hydrogens is 152 g/mol. The lowest BCUT2D eigenvalue weighted by Gasteiger charge is -1.98. The van der Waals surface area contributed by atoms with E-state index < -0.39 is 30.1 Å². The summed E-state index contributed by atoms with van der Waals surface area (Å²) >= 11 is 0. The van der Waals surface area contributed by atoms with Crippen LogP contribution in [0.5, 0.6) is 0 Å². The Morgan fingerprint density at radius 1 is 1.36 bits per heavy atom. The predicted molar refractivity (Wildman–Crippen MR) is 33.9 cm³/mol. The molecule has 0 aromatic carbocycles. The first-order valence-corrected chi connectivity index (χ1v) is 2.92. The van der Waals surface area contributed by atoms with Crippen LogP contribution in [0.1, 0.15) is 13.3 Å². The molecule has 0 rings (SSSR count). The molecule has 5 heteroatoms. The molecule has 0 aliphatic rings. The Hall–Kier alpha value is -1.23. The molecule has 0 bridgehead atoms. The fraction of sp³-hybridized carbons (Fsp3) is 0.500. The lowest BCUT2D eigenvalue weighted by Crippen LogP contribution is -2.23. The molecule has 0 fully saturated rings. The highest BCUT2D eigenvalue weighted by Gasteiger charge is 2.19. The normalized spacial score (nSPS) is 12.2. The lowest BCUT2D eigenvalue weighted by atomic mass is 10.1. The Morgan fingerprint density at radius 3 is 2.09 bits per heavy atom. The van der Waals surface area contributed by atoms with E-state index in [2.05, 4.69) is 0 Å². The lowest BCUT2D eigenvalue weighted by molar-refractivity contribution is -0.150. The molecule has 0 aromatic heterocycles. The minimum absolute atomic E-state index is 0.743. The highest BCUT2D eigenvalue weighted by Crippen LogP contribution is 1.91. The third-order valence-corrected chi connectivity index (χ3v) is 1.04. The highest BCUT2D eigenvalue weighted by atomic mass is 16.4. The largest absolute Gasteiger partial charge is 0.475 e. The summed E-state index contributed by atoms with van der Waals surface area (Å²) in [5.74, 6) is -3.63. The second kappa shape index (κ2) is 3.82. The number of hydrogen-bond donors (Lipinski definition) is 2. The number of aliphatic hydroxyl groups is 1. The number of carboxylic acids is 1. The van der Waals surface area contributed by atoms with Gasteiger partial charge in [0.15, 0.2) is 5.78 Å². The van der Waals surface area contributed by atoms with Crippen molar-refractivity contribution >= 4 is 17.5 Å². The SMILES string of the molecule is C[C@H](O)C(=O)CC(=O)C(=O)O. The number of aliphatic carboxylic acids is 1. The molecule has 0 saturated heterocycles. The minimum atomic E-state index is -1.65. The maximum atomic E-state index is 10.5. The molecular formula is C6H8O5. The van der Waals surface area contributed by atoms with Gasteiger partial charge in [0.2, 0.25) is 5.78 Å². The summed E-state index contributed by atoms with van der Waals surface area (Å²) in [7, 11) is 0. The van der Waals surface area contributed by atoms with E-state index in [-0.39, 0.29) is 0 Å². The van der Waals surface area contributed by atoms with Gasteiger partial charge in [-0.25, -0.2) is 4.79 Å². The average Bonchev–Trinajstić information content (AvgIpc) is 1.87. The van der Waals surface area contributed by atoms with Crippen molar-refractivity contribution in [3.05, 3.63) is 0 Å². The zero-order valence-corrected chi connectivity index (χ0v) is 5.90. The third kappa shape index (κ3) is 3.47. The van der Waals surface area contributed by atoms with E-state index in [1.54, 1.807) is 0 Å². The summed E-state index contributed by atoms with van der Waals surface area (Å²) < 4.78 is 0. The van der Waals surface area contributed by atoms with Crippen LogP contribution < -0.4 is 0 Å². The maximum Gasteiger partial charge on any atom is 0.372 e. The van der Waals surface area contributed by atoms with E-state index in [0.717, 1.165) is 0 Å². The van der Waals surface area contributed by atoms with E-state index in [1.807, 2.05) is 0 Å². The summed E-state index contributed by atoms with van der Waals surface area (Å²) in [6.45, 7) is 1.18. The topological polar surface area (TPSA) is 91.7 Å². The van der Waals surface area contributed by atoms with Crippen molar-refractivity contribution in [3.8, 4) is 0 Å². The molecule has 11 heavy (non-hydrogen) atoms. The molecule has 2 N–H and O–H groups in total. The molecule has 0 aliphatic carbocycles. The Balaban J connectivity index is 3.96. The molecule has 0 aliphatic heterocycles. The quantitative estimate of drug-likeness (QED) is 0.405. The van der Waals surface area contributed by atoms with E-state index in [1.165, 1.54) is 6.92 Å². The van der Waals surface area contributed by atoms with Gasteiger partial charge in [0, 0.05) is 0 Å². The standard InChI is InChI=1S/C6H8O5/c1-3(7)4(8)2-5(9)6(10)11/h3,7H,2H2,1H3,(H,10,11)/t3-/m0/s1.